The van der Waals surface area contributed by atoms with Gasteiger partial charge in [-0.15, -0.1) is 0 Å². The van der Waals surface area contributed by atoms with Crippen LogP contribution in [0, 0.1) is 0 Å². The molecule has 0 saturated heterocycles. The lowest BCUT2D eigenvalue weighted by Crippen LogP contribution is -2.45. The Labute approximate surface area is 162 Å². The van der Waals surface area contributed by atoms with Crippen LogP contribution in [0.25, 0.3) is 0 Å². The lowest BCUT2D eigenvalue weighted by Gasteiger charge is -2.17. The van der Waals surface area contributed by atoms with Crippen molar-refractivity contribution in [3.63, 3.8) is 0 Å². The van der Waals surface area contributed by atoms with Crippen LogP contribution in [0.15, 0.2) is 47.4 Å². The zero-order valence-electron chi connectivity index (χ0n) is 14.6. The Balaban J connectivity index is 2.20. The standard InChI is InChI=1S/C18H16ClF3N2O4/c1-28-17(27)14(7-11-5-3-2-4-6-11)23-15(25)10-24-9-12(18(20,21)22)8-13(19)16(24)26/h2-6,8-9,14H,7,10H2,1H3,(H,23,25)/t14-/m0/s1. The van der Waals surface area contributed by atoms with Crippen LogP contribution < -0.4 is 10.9 Å². The predicted molar refractivity (Wildman–Crippen MR) is 94.8 cm³/mol. The van der Waals surface area contributed by atoms with E-state index in [9.17, 15) is 27.6 Å². The highest BCUT2D eigenvalue weighted by Gasteiger charge is 2.32. The van der Waals surface area contributed by atoms with Gasteiger partial charge in [0.25, 0.3) is 5.56 Å². The Morgan fingerprint density at radius 2 is 1.89 bits per heavy atom. The lowest BCUT2D eigenvalue weighted by atomic mass is 10.1. The van der Waals surface area contributed by atoms with Crippen LogP contribution in [-0.4, -0.2) is 29.6 Å². The molecule has 1 N–H and O–H groups in total. The summed E-state index contributed by atoms with van der Waals surface area (Å²) in [5.41, 5.74) is -1.39. The molecule has 2 rings (SSSR count). The second kappa shape index (κ2) is 8.92. The average Bonchev–Trinajstić information content (AvgIpc) is 2.64. The summed E-state index contributed by atoms with van der Waals surface area (Å²) in [5, 5.41) is 1.70. The molecule has 6 nitrogen and oxygen atoms in total. The molecule has 0 spiro atoms. The van der Waals surface area contributed by atoms with E-state index in [-0.39, 0.29) is 6.42 Å². The third-order valence-corrected chi connectivity index (χ3v) is 4.06. The molecular formula is C18H16ClF3N2O4. The van der Waals surface area contributed by atoms with Gasteiger partial charge in [0.1, 0.15) is 17.6 Å². The molecule has 10 heteroatoms. The second-order valence-corrected chi connectivity index (χ2v) is 6.25. The summed E-state index contributed by atoms with van der Waals surface area (Å²) in [5.74, 6) is -1.57. The number of carbonyl (C=O) groups is 2. The van der Waals surface area contributed by atoms with Gasteiger partial charge in [-0.3, -0.25) is 9.59 Å². The van der Waals surface area contributed by atoms with E-state index in [2.05, 4.69) is 10.1 Å². The van der Waals surface area contributed by atoms with Gasteiger partial charge >= 0.3 is 12.1 Å². The largest absolute Gasteiger partial charge is 0.467 e. The molecule has 0 radical (unpaired) electrons. The quantitative estimate of drug-likeness (QED) is 0.734. The van der Waals surface area contributed by atoms with Gasteiger partial charge in [-0.1, -0.05) is 41.9 Å². The minimum absolute atomic E-state index is 0.109. The molecule has 0 bridgehead atoms. The molecule has 1 atom stereocenters. The molecule has 28 heavy (non-hydrogen) atoms. The molecule has 2 aromatic rings. The molecule has 0 aliphatic heterocycles. The van der Waals surface area contributed by atoms with Gasteiger partial charge in [0, 0.05) is 12.6 Å². The normalized spacial score (nSPS) is 12.3. The van der Waals surface area contributed by atoms with Crippen molar-refractivity contribution in [2.24, 2.45) is 0 Å². The Morgan fingerprint density at radius 1 is 1.25 bits per heavy atom. The van der Waals surface area contributed by atoms with E-state index in [1.165, 1.54) is 0 Å². The summed E-state index contributed by atoms with van der Waals surface area (Å²) < 4.78 is 43.8. The van der Waals surface area contributed by atoms with Crippen molar-refractivity contribution in [3.8, 4) is 0 Å². The third-order valence-electron chi connectivity index (χ3n) is 3.79. The van der Waals surface area contributed by atoms with Crippen molar-refractivity contribution < 1.29 is 27.5 Å². The van der Waals surface area contributed by atoms with E-state index in [0.29, 0.717) is 16.8 Å². The molecule has 150 valence electrons. The first-order valence-electron chi connectivity index (χ1n) is 8.00. The van der Waals surface area contributed by atoms with E-state index in [0.717, 1.165) is 12.7 Å². The Bertz CT molecular complexity index is 913. The highest BCUT2D eigenvalue weighted by molar-refractivity contribution is 6.30. The zero-order chi connectivity index (χ0) is 20.9. The first-order valence-corrected chi connectivity index (χ1v) is 8.38. The van der Waals surface area contributed by atoms with Crippen molar-refractivity contribution >= 4 is 23.5 Å². The van der Waals surface area contributed by atoms with Crippen LogP contribution >= 0.6 is 11.6 Å². The molecule has 0 aliphatic carbocycles. The number of halogens is 4. The summed E-state index contributed by atoms with van der Waals surface area (Å²) in [6.45, 7) is -0.745. The minimum atomic E-state index is -4.74. The second-order valence-electron chi connectivity index (χ2n) is 5.84. The smallest absolute Gasteiger partial charge is 0.417 e. The van der Waals surface area contributed by atoms with Crippen molar-refractivity contribution in [2.45, 2.75) is 25.2 Å². The Kier molecular flexibility index (Phi) is 6.85. The number of esters is 1. The lowest BCUT2D eigenvalue weighted by molar-refractivity contribution is -0.145. The maximum atomic E-state index is 12.9. The van der Waals surface area contributed by atoms with E-state index in [1.54, 1.807) is 30.3 Å². The summed E-state index contributed by atoms with van der Waals surface area (Å²) in [6, 6.07) is 8.16. The number of ether oxygens (including phenoxy) is 1. The molecule has 0 aliphatic rings. The molecule has 0 fully saturated rings. The van der Waals surface area contributed by atoms with Gasteiger partial charge < -0.3 is 14.6 Å². The number of nitrogens with one attached hydrogen (secondary N) is 1. The summed E-state index contributed by atoms with van der Waals surface area (Å²) in [6.07, 6.45) is -4.13. The van der Waals surface area contributed by atoms with Gasteiger partial charge in [-0.05, 0) is 11.6 Å². The SMILES string of the molecule is COC(=O)[C@H](Cc1ccccc1)NC(=O)Cn1cc(C(F)(F)F)cc(Cl)c1=O. The maximum Gasteiger partial charge on any atom is 0.417 e. The molecular weight excluding hydrogens is 401 g/mol. The van der Waals surface area contributed by atoms with E-state index in [4.69, 9.17) is 11.6 Å². The molecule has 1 heterocycles. The average molecular weight is 417 g/mol. The molecule has 1 amide bonds. The fraction of sp³-hybridized carbons (Fsp3) is 0.278. The summed E-state index contributed by atoms with van der Waals surface area (Å²) in [7, 11) is 1.14. The number of benzene rings is 1. The van der Waals surface area contributed by atoms with Crippen LogP contribution in [0.3, 0.4) is 0 Å². The number of carbonyl (C=O) groups excluding carboxylic acids is 2. The maximum absolute atomic E-state index is 12.9. The highest BCUT2D eigenvalue weighted by atomic mass is 35.5. The van der Waals surface area contributed by atoms with Crippen LogP contribution in [0.5, 0.6) is 0 Å². The number of hydrogen-bond donors (Lipinski definition) is 1. The zero-order valence-corrected chi connectivity index (χ0v) is 15.4. The number of nitrogens with zero attached hydrogens (tertiary/aromatic N) is 1. The van der Waals surface area contributed by atoms with Crippen LogP contribution in [0.2, 0.25) is 5.02 Å². The number of rotatable bonds is 6. The van der Waals surface area contributed by atoms with E-state index >= 15 is 0 Å². The van der Waals surface area contributed by atoms with Gasteiger partial charge in [-0.25, -0.2) is 4.79 Å². The first-order chi connectivity index (χ1) is 13.1. The van der Waals surface area contributed by atoms with E-state index in [1.807, 2.05) is 0 Å². The Morgan fingerprint density at radius 3 is 2.46 bits per heavy atom. The van der Waals surface area contributed by atoms with Gasteiger partial charge in [-0.2, -0.15) is 13.2 Å². The topological polar surface area (TPSA) is 77.4 Å². The number of pyridine rings is 1. The minimum Gasteiger partial charge on any atom is -0.467 e. The monoisotopic (exact) mass is 416 g/mol. The van der Waals surface area contributed by atoms with Gasteiger partial charge in [0.05, 0.1) is 12.7 Å². The van der Waals surface area contributed by atoms with E-state index < -0.39 is 46.8 Å². The predicted octanol–water partition coefficient (Wildman–Crippen LogP) is 2.42. The molecule has 0 unspecified atom stereocenters. The van der Waals surface area contributed by atoms with Gasteiger partial charge in [0.2, 0.25) is 5.91 Å². The fourth-order valence-corrected chi connectivity index (χ4v) is 2.68. The van der Waals surface area contributed by atoms with Crippen LogP contribution in [0.4, 0.5) is 13.2 Å². The van der Waals surface area contributed by atoms with Crippen molar-refractivity contribution in [2.75, 3.05) is 7.11 Å². The first kappa shape index (κ1) is 21.5. The molecule has 1 aromatic carbocycles. The van der Waals surface area contributed by atoms with Crippen molar-refractivity contribution in [3.05, 3.63) is 69.1 Å². The van der Waals surface area contributed by atoms with Gasteiger partial charge in [0.15, 0.2) is 0 Å². The summed E-state index contributed by atoms with van der Waals surface area (Å²) >= 11 is 5.56. The van der Waals surface area contributed by atoms with Crippen LogP contribution in [-0.2, 0) is 33.5 Å². The highest BCUT2D eigenvalue weighted by Crippen LogP contribution is 2.29. The van der Waals surface area contributed by atoms with Crippen molar-refractivity contribution in [1.82, 2.24) is 9.88 Å². The van der Waals surface area contributed by atoms with Crippen molar-refractivity contribution in [1.29, 1.82) is 0 Å². The number of aromatic nitrogens is 1. The number of alkyl halides is 3. The van der Waals surface area contributed by atoms with Crippen LogP contribution in [0.1, 0.15) is 11.1 Å². The number of amides is 1. The molecule has 1 aromatic heterocycles. The fourth-order valence-electron chi connectivity index (χ4n) is 2.45. The molecule has 0 saturated carbocycles. The summed E-state index contributed by atoms with van der Waals surface area (Å²) in [4.78, 5) is 36.1. The Hall–Kier alpha value is -2.81. The number of hydrogen-bond acceptors (Lipinski definition) is 4. The number of methoxy groups -OCH3 is 1. The third kappa shape index (κ3) is 5.59.